The largest absolute Gasteiger partial charge is 0.508 e. The lowest BCUT2D eigenvalue weighted by Crippen LogP contribution is -2.20. The molecule has 0 saturated carbocycles. The first kappa shape index (κ1) is 18.5. The molecule has 148 valence electrons. The Kier molecular flexibility index (Phi) is 4.86. The first-order valence-corrected chi connectivity index (χ1v) is 8.71. The zero-order chi connectivity index (χ0) is 20.4. The molecule has 1 fully saturated rings. The highest BCUT2D eigenvalue weighted by Crippen LogP contribution is 2.23. The molecule has 9 heteroatoms. The number of nitrogen functional groups attached to an aromatic ring is 1. The van der Waals surface area contributed by atoms with Gasteiger partial charge in [-0.25, -0.2) is 13.9 Å². The molecule has 1 atom stereocenters. The summed E-state index contributed by atoms with van der Waals surface area (Å²) in [7, 11) is 0. The van der Waals surface area contributed by atoms with Gasteiger partial charge in [0.1, 0.15) is 30.6 Å². The van der Waals surface area contributed by atoms with Crippen LogP contribution >= 0.6 is 0 Å². The molecule has 0 aliphatic carbocycles. The standard InChI is InChI=1S/C20H16FN3O5/c21-13-4-6-14(7-5-13)24-19(22)17(9-23-24)18(25)12-2-1-3-15(8-12)27-10-16-11-28-20(26)29-16/h1-9,16H,10-11,22H2. The summed E-state index contributed by atoms with van der Waals surface area (Å²) in [5.41, 5.74) is 7.20. The minimum Gasteiger partial charge on any atom is -0.490 e. The quantitative estimate of drug-likeness (QED) is 0.504. The SMILES string of the molecule is Nc1c(C(=O)c2cccc(OCC3COC(=O)O3)c2)cnn1-c1ccc(F)cc1. The van der Waals surface area contributed by atoms with Gasteiger partial charge in [0.05, 0.1) is 17.4 Å². The molecular weight excluding hydrogens is 381 g/mol. The molecule has 2 aromatic carbocycles. The van der Waals surface area contributed by atoms with Crippen molar-refractivity contribution >= 4 is 17.8 Å². The summed E-state index contributed by atoms with van der Waals surface area (Å²) in [6.45, 7) is 0.227. The highest BCUT2D eigenvalue weighted by atomic mass is 19.1. The van der Waals surface area contributed by atoms with E-state index in [1.807, 2.05) is 0 Å². The monoisotopic (exact) mass is 397 g/mol. The lowest BCUT2D eigenvalue weighted by atomic mass is 10.1. The highest BCUT2D eigenvalue weighted by molar-refractivity contribution is 6.11. The smallest absolute Gasteiger partial charge is 0.490 e. The number of ether oxygens (including phenoxy) is 3. The van der Waals surface area contributed by atoms with Gasteiger partial charge in [-0.05, 0) is 36.4 Å². The van der Waals surface area contributed by atoms with Crippen molar-refractivity contribution in [2.75, 3.05) is 18.9 Å². The second kappa shape index (κ2) is 7.63. The van der Waals surface area contributed by atoms with E-state index >= 15 is 0 Å². The molecule has 29 heavy (non-hydrogen) atoms. The molecule has 1 aliphatic heterocycles. The summed E-state index contributed by atoms with van der Waals surface area (Å²) in [5.74, 6) is -0.144. The van der Waals surface area contributed by atoms with Crippen LogP contribution < -0.4 is 10.5 Å². The van der Waals surface area contributed by atoms with Crippen LogP contribution in [0.25, 0.3) is 5.69 Å². The first-order chi connectivity index (χ1) is 14.0. The summed E-state index contributed by atoms with van der Waals surface area (Å²) in [4.78, 5) is 23.8. The lowest BCUT2D eigenvalue weighted by molar-refractivity contribution is 0.0983. The fourth-order valence-electron chi connectivity index (χ4n) is 2.84. The summed E-state index contributed by atoms with van der Waals surface area (Å²) in [6.07, 6.45) is 0.145. The van der Waals surface area contributed by atoms with Gasteiger partial charge >= 0.3 is 6.16 Å². The molecule has 1 aliphatic rings. The molecule has 2 heterocycles. The fraction of sp³-hybridized carbons (Fsp3) is 0.150. The number of hydrogen-bond acceptors (Lipinski definition) is 7. The Morgan fingerprint density at radius 3 is 2.79 bits per heavy atom. The Labute approximate surface area is 164 Å². The maximum absolute atomic E-state index is 13.1. The van der Waals surface area contributed by atoms with Crippen LogP contribution in [0.2, 0.25) is 0 Å². The topological polar surface area (TPSA) is 106 Å². The third kappa shape index (κ3) is 3.88. The van der Waals surface area contributed by atoms with Gasteiger partial charge < -0.3 is 19.9 Å². The van der Waals surface area contributed by atoms with Crippen molar-refractivity contribution in [3.63, 3.8) is 0 Å². The number of halogens is 1. The van der Waals surface area contributed by atoms with Crippen LogP contribution in [0.5, 0.6) is 5.75 Å². The van der Waals surface area contributed by atoms with Gasteiger partial charge in [0, 0.05) is 5.56 Å². The number of cyclic esters (lactones) is 2. The number of aromatic nitrogens is 2. The summed E-state index contributed by atoms with van der Waals surface area (Å²) < 4.78 is 29.7. The minimum atomic E-state index is -0.726. The maximum atomic E-state index is 13.1. The Balaban J connectivity index is 1.51. The van der Waals surface area contributed by atoms with Crippen molar-refractivity contribution in [3.05, 3.63) is 71.7 Å². The van der Waals surface area contributed by atoms with E-state index in [-0.39, 0.29) is 36.2 Å². The minimum absolute atomic E-state index is 0.105. The van der Waals surface area contributed by atoms with Crippen molar-refractivity contribution in [2.24, 2.45) is 0 Å². The van der Waals surface area contributed by atoms with Gasteiger partial charge in [-0.15, -0.1) is 0 Å². The summed E-state index contributed by atoms with van der Waals surface area (Å²) in [6, 6.07) is 12.1. The molecule has 0 spiro atoms. The van der Waals surface area contributed by atoms with Gasteiger partial charge in [0.25, 0.3) is 0 Å². The number of hydrogen-bond donors (Lipinski definition) is 1. The molecule has 1 saturated heterocycles. The Bertz CT molecular complexity index is 1060. The van der Waals surface area contributed by atoms with Crippen LogP contribution in [-0.4, -0.2) is 41.0 Å². The third-order valence-corrected chi connectivity index (χ3v) is 4.30. The van der Waals surface area contributed by atoms with Crippen LogP contribution in [0.3, 0.4) is 0 Å². The van der Waals surface area contributed by atoms with Crippen molar-refractivity contribution < 1.29 is 28.2 Å². The van der Waals surface area contributed by atoms with Crippen LogP contribution in [0.1, 0.15) is 15.9 Å². The molecular formula is C20H16FN3O5. The molecule has 1 unspecified atom stereocenters. The Morgan fingerprint density at radius 1 is 1.28 bits per heavy atom. The molecule has 4 rings (SSSR count). The van der Waals surface area contributed by atoms with E-state index in [1.165, 1.54) is 35.1 Å². The van der Waals surface area contributed by atoms with Gasteiger partial charge in [0.15, 0.2) is 11.9 Å². The molecule has 0 radical (unpaired) electrons. The molecule has 1 aromatic heterocycles. The fourth-order valence-corrected chi connectivity index (χ4v) is 2.84. The number of carbonyl (C=O) groups excluding carboxylic acids is 2. The number of ketones is 1. The van der Waals surface area contributed by atoms with Crippen LogP contribution in [0.15, 0.2) is 54.7 Å². The van der Waals surface area contributed by atoms with E-state index in [9.17, 15) is 14.0 Å². The van der Waals surface area contributed by atoms with Crippen LogP contribution in [0.4, 0.5) is 15.0 Å². The molecule has 3 aromatic rings. The van der Waals surface area contributed by atoms with E-state index < -0.39 is 12.3 Å². The highest BCUT2D eigenvalue weighted by Gasteiger charge is 2.25. The van der Waals surface area contributed by atoms with Crippen LogP contribution in [-0.2, 0) is 9.47 Å². The van der Waals surface area contributed by atoms with Gasteiger partial charge in [-0.3, -0.25) is 4.79 Å². The number of nitrogens with two attached hydrogens (primary N) is 1. The van der Waals surface area contributed by atoms with Crippen LogP contribution in [0, 0.1) is 5.82 Å². The van der Waals surface area contributed by atoms with E-state index in [2.05, 4.69) is 5.10 Å². The summed E-state index contributed by atoms with van der Waals surface area (Å²) in [5, 5.41) is 4.14. The van der Waals surface area contributed by atoms with Crippen molar-refractivity contribution in [1.82, 2.24) is 9.78 Å². The zero-order valence-corrected chi connectivity index (χ0v) is 15.1. The predicted molar refractivity (Wildman–Crippen MR) is 99.5 cm³/mol. The van der Waals surface area contributed by atoms with Gasteiger partial charge in [0.2, 0.25) is 0 Å². The van der Waals surface area contributed by atoms with Gasteiger partial charge in [-0.2, -0.15) is 5.10 Å². The molecule has 0 amide bonds. The lowest BCUT2D eigenvalue weighted by Gasteiger charge is -2.10. The average Bonchev–Trinajstić information content (AvgIpc) is 3.32. The van der Waals surface area contributed by atoms with E-state index in [0.29, 0.717) is 17.0 Å². The summed E-state index contributed by atoms with van der Waals surface area (Å²) >= 11 is 0. The maximum Gasteiger partial charge on any atom is 0.508 e. The van der Waals surface area contributed by atoms with Gasteiger partial charge in [-0.1, -0.05) is 12.1 Å². The number of benzene rings is 2. The predicted octanol–water partition coefficient (Wildman–Crippen LogP) is 2.74. The Hall–Kier alpha value is -3.88. The molecule has 8 nitrogen and oxygen atoms in total. The van der Waals surface area contributed by atoms with Crippen molar-refractivity contribution in [1.29, 1.82) is 0 Å². The van der Waals surface area contributed by atoms with E-state index in [4.69, 9.17) is 19.9 Å². The number of nitrogens with zero attached hydrogens (tertiary/aromatic N) is 2. The normalized spacial score (nSPS) is 15.6. The second-order valence-corrected chi connectivity index (χ2v) is 6.30. The number of carbonyl (C=O) groups is 2. The van der Waals surface area contributed by atoms with E-state index in [0.717, 1.165) is 0 Å². The number of rotatable bonds is 6. The van der Waals surface area contributed by atoms with E-state index in [1.54, 1.807) is 24.3 Å². The average molecular weight is 397 g/mol. The second-order valence-electron chi connectivity index (χ2n) is 6.30. The molecule has 2 N–H and O–H groups in total. The van der Waals surface area contributed by atoms with Crippen molar-refractivity contribution in [2.45, 2.75) is 6.10 Å². The Morgan fingerprint density at radius 2 is 2.07 bits per heavy atom. The van der Waals surface area contributed by atoms with Crippen molar-refractivity contribution in [3.8, 4) is 11.4 Å². The number of anilines is 1. The zero-order valence-electron chi connectivity index (χ0n) is 15.1. The molecule has 0 bridgehead atoms. The first-order valence-electron chi connectivity index (χ1n) is 8.71. The third-order valence-electron chi connectivity index (χ3n) is 4.30.